The summed E-state index contributed by atoms with van der Waals surface area (Å²) in [5.74, 6) is 1.07. The molecule has 0 saturated heterocycles. The predicted molar refractivity (Wildman–Crippen MR) is 92.0 cm³/mol. The van der Waals surface area contributed by atoms with Gasteiger partial charge in [-0.2, -0.15) is 0 Å². The van der Waals surface area contributed by atoms with E-state index < -0.39 is 0 Å². The summed E-state index contributed by atoms with van der Waals surface area (Å²) in [6.07, 6.45) is 6.59. The number of rotatable bonds is 2. The molecule has 1 aliphatic heterocycles. The van der Waals surface area contributed by atoms with Gasteiger partial charge in [-0.25, -0.2) is 0 Å². The minimum atomic E-state index is 0.314. The van der Waals surface area contributed by atoms with Gasteiger partial charge in [-0.1, -0.05) is 28.1 Å². The maximum absolute atomic E-state index is 5.80. The van der Waals surface area contributed by atoms with Crippen molar-refractivity contribution in [2.75, 3.05) is 0 Å². The van der Waals surface area contributed by atoms with Gasteiger partial charge in [-0.3, -0.25) is 0 Å². The van der Waals surface area contributed by atoms with Gasteiger partial charge in [-0.05, 0) is 61.4 Å². The first-order valence-corrected chi connectivity index (χ1v) is 9.49. The maximum atomic E-state index is 5.80. The third-order valence-electron chi connectivity index (χ3n) is 4.48. The lowest BCUT2D eigenvalue weighted by Gasteiger charge is -2.09. The Balaban J connectivity index is 1.64. The molecule has 4 rings (SSSR count). The topological polar surface area (TPSA) is 9.23 Å². The van der Waals surface area contributed by atoms with E-state index in [0.717, 1.165) is 12.2 Å². The molecular weight excluding hydrogens is 344 g/mol. The fourth-order valence-corrected chi connectivity index (χ4v) is 5.36. The van der Waals surface area contributed by atoms with Crippen molar-refractivity contribution in [2.45, 2.75) is 50.0 Å². The molecule has 2 atom stereocenters. The second-order valence-electron chi connectivity index (χ2n) is 6.17. The number of benzene rings is 1. The normalized spacial score (nSPS) is 21.5. The number of thiophene rings is 1. The molecule has 3 heteroatoms. The first kappa shape index (κ1) is 13.8. The second kappa shape index (κ2) is 5.44. The molecule has 0 amide bonds. The monoisotopic (exact) mass is 362 g/mol. The van der Waals surface area contributed by atoms with Crippen molar-refractivity contribution in [2.24, 2.45) is 0 Å². The van der Waals surface area contributed by atoms with Crippen LogP contribution in [0.5, 0.6) is 5.75 Å². The molecule has 21 heavy (non-hydrogen) atoms. The fraction of sp³-hybridized carbons (Fsp3) is 0.444. The molecule has 2 aromatic rings. The molecule has 1 aromatic carbocycles. The molecule has 0 saturated carbocycles. The highest BCUT2D eigenvalue weighted by Crippen LogP contribution is 2.41. The standard InChI is InChI=1S/C18H19BrOS/c1-11-8-14-9-13(6-7-15(14)20-11)18(19)17-10-12-4-2-3-5-16(12)21-17/h6-7,9-11,18H,2-5,8H2,1H3. The van der Waals surface area contributed by atoms with E-state index >= 15 is 0 Å². The molecule has 1 aromatic heterocycles. The SMILES string of the molecule is CC1Cc2cc(C(Br)c3cc4c(s3)CCCC4)ccc2O1. The molecule has 2 heterocycles. The zero-order valence-corrected chi connectivity index (χ0v) is 14.6. The first-order valence-electron chi connectivity index (χ1n) is 7.76. The quantitative estimate of drug-likeness (QED) is 0.646. The molecule has 110 valence electrons. The lowest BCUT2D eigenvalue weighted by molar-refractivity contribution is 0.254. The minimum Gasteiger partial charge on any atom is -0.490 e. The van der Waals surface area contributed by atoms with Crippen LogP contribution in [0, 0.1) is 0 Å². The second-order valence-corrected chi connectivity index (χ2v) is 8.25. The van der Waals surface area contributed by atoms with Crippen molar-refractivity contribution >= 4 is 27.3 Å². The summed E-state index contributed by atoms with van der Waals surface area (Å²) in [6, 6.07) is 9.08. The number of fused-ring (bicyclic) bond motifs is 2. The van der Waals surface area contributed by atoms with Crippen LogP contribution in [0.15, 0.2) is 24.3 Å². The lowest BCUT2D eigenvalue weighted by Crippen LogP contribution is -2.05. The van der Waals surface area contributed by atoms with E-state index in [1.165, 1.54) is 41.7 Å². The van der Waals surface area contributed by atoms with Gasteiger partial charge in [-0.15, -0.1) is 11.3 Å². The predicted octanol–water partition coefficient (Wildman–Crippen LogP) is 5.43. The molecule has 0 radical (unpaired) electrons. The van der Waals surface area contributed by atoms with E-state index in [9.17, 15) is 0 Å². The zero-order chi connectivity index (χ0) is 14.4. The Hall–Kier alpha value is -0.800. The van der Waals surface area contributed by atoms with Crippen LogP contribution >= 0.6 is 27.3 Å². The Kier molecular flexibility index (Phi) is 3.58. The smallest absolute Gasteiger partial charge is 0.123 e. The van der Waals surface area contributed by atoms with Gasteiger partial charge in [0.1, 0.15) is 11.9 Å². The summed E-state index contributed by atoms with van der Waals surface area (Å²) >= 11 is 5.91. The fourth-order valence-electron chi connectivity index (χ4n) is 3.40. The summed E-state index contributed by atoms with van der Waals surface area (Å²) in [6.45, 7) is 2.14. The number of hydrogen-bond acceptors (Lipinski definition) is 2. The lowest BCUT2D eigenvalue weighted by atomic mass is 9.98. The van der Waals surface area contributed by atoms with Crippen LogP contribution in [0.25, 0.3) is 0 Å². The number of halogens is 1. The molecular formula is C18H19BrOS. The number of ether oxygens (including phenoxy) is 1. The largest absolute Gasteiger partial charge is 0.490 e. The molecule has 1 nitrogen and oxygen atoms in total. The molecule has 0 fully saturated rings. The van der Waals surface area contributed by atoms with Gasteiger partial charge in [0, 0.05) is 16.2 Å². The van der Waals surface area contributed by atoms with Crippen LogP contribution in [-0.4, -0.2) is 6.10 Å². The van der Waals surface area contributed by atoms with Crippen LogP contribution in [-0.2, 0) is 19.3 Å². The van der Waals surface area contributed by atoms with Gasteiger partial charge >= 0.3 is 0 Å². The highest BCUT2D eigenvalue weighted by molar-refractivity contribution is 9.09. The highest BCUT2D eigenvalue weighted by Gasteiger charge is 2.23. The van der Waals surface area contributed by atoms with E-state index in [-0.39, 0.29) is 0 Å². The Labute approximate surface area is 138 Å². The van der Waals surface area contributed by atoms with Crippen LogP contribution < -0.4 is 4.74 Å². The van der Waals surface area contributed by atoms with Crippen LogP contribution in [0.1, 0.15) is 51.0 Å². The zero-order valence-electron chi connectivity index (χ0n) is 12.2. The molecule has 1 aliphatic carbocycles. The molecule has 2 unspecified atom stereocenters. The highest BCUT2D eigenvalue weighted by atomic mass is 79.9. The average Bonchev–Trinajstić information content (AvgIpc) is 3.07. The number of aryl methyl sites for hydroxylation is 2. The third kappa shape index (κ3) is 2.55. The molecule has 0 spiro atoms. The summed E-state index contributed by atoms with van der Waals surface area (Å²) in [5.41, 5.74) is 4.29. The van der Waals surface area contributed by atoms with Gasteiger partial charge in [0.25, 0.3) is 0 Å². The summed E-state index contributed by atoms with van der Waals surface area (Å²) in [7, 11) is 0. The van der Waals surface area contributed by atoms with E-state index in [1.807, 2.05) is 11.3 Å². The summed E-state index contributed by atoms with van der Waals surface area (Å²) in [4.78, 5) is 3.38. The molecule has 0 bridgehead atoms. The van der Waals surface area contributed by atoms with Crippen molar-refractivity contribution in [1.29, 1.82) is 0 Å². The Morgan fingerprint density at radius 1 is 1.19 bits per heavy atom. The Bertz CT molecular complexity index is 652. The molecule has 2 aliphatic rings. The first-order chi connectivity index (χ1) is 10.2. The summed E-state index contributed by atoms with van der Waals surface area (Å²) in [5, 5.41) is 0. The Morgan fingerprint density at radius 3 is 2.90 bits per heavy atom. The van der Waals surface area contributed by atoms with E-state index in [1.54, 1.807) is 10.4 Å². The van der Waals surface area contributed by atoms with Crippen molar-refractivity contribution < 1.29 is 4.74 Å². The summed E-state index contributed by atoms with van der Waals surface area (Å²) < 4.78 is 5.80. The van der Waals surface area contributed by atoms with Crippen LogP contribution in [0.4, 0.5) is 0 Å². The van der Waals surface area contributed by atoms with E-state index in [4.69, 9.17) is 4.74 Å². The average molecular weight is 363 g/mol. The third-order valence-corrected chi connectivity index (χ3v) is 7.11. The van der Waals surface area contributed by atoms with Gasteiger partial charge in [0.15, 0.2) is 0 Å². The maximum Gasteiger partial charge on any atom is 0.123 e. The minimum absolute atomic E-state index is 0.314. The van der Waals surface area contributed by atoms with E-state index in [0.29, 0.717) is 10.9 Å². The molecule has 0 N–H and O–H groups in total. The van der Waals surface area contributed by atoms with E-state index in [2.05, 4.69) is 47.1 Å². The van der Waals surface area contributed by atoms with Crippen molar-refractivity contribution in [3.05, 3.63) is 50.7 Å². The Morgan fingerprint density at radius 2 is 2.05 bits per heavy atom. The number of hydrogen-bond donors (Lipinski definition) is 0. The van der Waals surface area contributed by atoms with Crippen molar-refractivity contribution in [3.8, 4) is 5.75 Å². The van der Waals surface area contributed by atoms with Crippen LogP contribution in [0.3, 0.4) is 0 Å². The number of alkyl halides is 1. The van der Waals surface area contributed by atoms with Crippen molar-refractivity contribution in [1.82, 2.24) is 0 Å². The van der Waals surface area contributed by atoms with Crippen molar-refractivity contribution in [3.63, 3.8) is 0 Å². The van der Waals surface area contributed by atoms with Gasteiger partial charge < -0.3 is 4.74 Å². The van der Waals surface area contributed by atoms with Gasteiger partial charge in [0.2, 0.25) is 0 Å². The van der Waals surface area contributed by atoms with Crippen LogP contribution in [0.2, 0.25) is 0 Å². The van der Waals surface area contributed by atoms with Gasteiger partial charge in [0.05, 0.1) is 4.83 Å².